The number of nitrogens with zero attached hydrogens (tertiary/aromatic N) is 2. The number of hydroxylamine groups is 3. The minimum atomic E-state index is -1.74. The zero-order chi connectivity index (χ0) is 18.9. The van der Waals surface area contributed by atoms with Crippen LogP contribution in [0.5, 0.6) is 5.75 Å². The monoisotopic (exact) mass is 354 g/mol. The van der Waals surface area contributed by atoms with Crippen LogP contribution >= 0.6 is 0 Å². The molecule has 0 bridgehead atoms. The van der Waals surface area contributed by atoms with Crippen molar-refractivity contribution in [3.05, 3.63) is 70.9 Å². The molecule has 0 saturated carbocycles. The predicted molar refractivity (Wildman–Crippen MR) is 97.6 cm³/mol. The molecule has 2 aromatic rings. The van der Waals surface area contributed by atoms with Gasteiger partial charge in [0.1, 0.15) is 11.8 Å². The van der Waals surface area contributed by atoms with Crippen LogP contribution in [0.15, 0.2) is 54.6 Å². The summed E-state index contributed by atoms with van der Waals surface area (Å²) in [5, 5.41) is 24.8. The SMILES string of the molecule is CC[C@@H]1C(c2ccccc2)=[N+]([O-])[C@](C)(C(=O)c2ccc(OC)cc2)N1O. The highest BCUT2D eigenvalue weighted by Gasteiger charge is 2.59. The van der Waals surface area contributed by atoms with Gasteiger partial charge in [-0.3, -0.25) is 4.79 Å². The molecule has 3 rings (SSSR count). The normalized spacial score (nSPS) is 23.3. The van der Waals surface area contributed by atoms with Gasteiger partial charge >= 0.3 is 5.66 Å². The zero-order valence-corrected chi connectivity index (χ0v) is 15.0. The highest BCUT2D eigenvalue weighted by Crippen LogP contribution is 2.32. The zero-order valence-electron chi connectivity index (χ0n) is 15.0. The van der Waals surface area contributed by atoms with E-state index in [2.05, 4.69) is 0 Å². The van der Waals surface area contributed by atoms with E-state index in [9.17, 15) is 15.2 Å². The molecule has 0 fully saturated rings. The first-order chi connectivity index (χ1) is 12.4. The van der Waals surface area contributed by atoms with Crippen molar-refractivity contribution in [2.45, 2.75) is 32.0 Å². The van der Waals surface area contributed by atoms with E-state index in [0.717, 1.165) is 5.06 Å². The Morgan fingerprint density at radius 2 is 1.85 bits per heavy atom. The number of carbonyl (C=O) groups excluding carboxylic acids is 1. The van der Waals surface area contributed by atoms with Gasteiger partial charge in [-0.25, -0.2) is 0 Å². The van der Waals surface area contributed by atoms with E-state index in [1.54, 1.807) is 36.4 Å². The predicted octanol–water partition coefficient (Wildman–Crippen LogP) is 3.08. The summed E-state index contributed by atoms with van der Waals surface area (Å²) < 4.78 is 5.75. The van der Waals surface area contributed by atoms with Crippen LogP contribution in [0.3, 0.4) is 0 Å². The number of hydrogen-bond donors (Lipinski definition) is 1. The van der Waals surface area contributed by atoms with Crippen molar-refractivity contribution < 1.29 is 19.5 Å². The van der Waals surface area contributed by atoms with Crippen LogP contribution in [-0.2, 0) is 0 Å². The summed E-state index contributed by atoms with van der Waals surface area (Å²) in [6.45, 7) is 3.32. The minimum Gasteiger partial charge on any atom is -0.622 e. The summed E-state index contributed by atoms with van der Waals surface area (Å²) in [5.41, 5.74) is -0.322. The molecule has 1 aliphatic rings. The first-order valence-corrected chi connectivity index (χ1v) is 8.51. The largest absolute Gasteiger partial charge is 0.622 e. The van der Waals surface area contributed by atoms with Gasteiger partial charge in [0.15, 0.2) is 0 Å². The summed E-state index contributed by atoms with van der Waals surface area (Å²) in [4.78, 5) is 13.1. The Bertz CT molecular complexity index is 833. The maximum Gasteiger partial charge on any atom is 0.312 e. The molecule has 0 unspecified atom stereocenters. The van der Waals surface area contributed by atoms with Gasteiger partial charge in [0.2, 0.25) is 5.71 Å². The van der Waals surface area contributed by atoms with E-state index in [4.69, 9.17) is 4.74 Å². The molecule has 0 aliphatic carbocycles. The number of methoxy groups -OCH3 is 1. The van der Waals surface area contributed by atoms with Crippen molar-refractivity contribution in [3.8, 4) is 5.75 Å². The Hall–Kier alpha value is -2.70. The molecule has 136 valence electrons. The Morgan fingerprint density at radius 1 is 1.23 bits per heavy atom. The van der Waals surface area contributed by atoms with Crippen LogP contribution in [-0.4, -0.2) is 45.3 Å². The van der Waals surface area contributed by atoms with Crippen molar-refractivity contribution >= 4 is 11.5 Å². The van der Waals surface area contributed by atoms with Crippen LogP contribution in [0.4, 0.5) is 0 Å². The average Bonchev–Trinajstić information content (AvgIpc) is 2.89. The Kier molecular flexibility index (Phi) is 4.80. The summed E-state index contributed by atoms with van der Waals surface area (Å²) in [7, 11) is 1.54. The first-order valence-electron chi connectivity index (χ1n) is 8.51. The molecule has 1 N–H and O–H groups in total. The summed E-state index contributed by atoms with van der Waals surface area (Å²) in [5.74, 6) is 0.142. The molecule has 0 amide bonds. The summed E-state index contributed by atoms with van der Waals surface area (Å²) in [6, 6.07) is 15.0. The Morgan fingerprint density at radius 3 is 2.38 bits per heavy atom. The highest BCUT2D eigenvalue weighted by molar-refractivity contribution is 6.07. The molecule has 2 aromatic carbocycles. The highest BCUT2D eigenvalue weighted by atomic mass is 16.6. The van der Waals surface area contributed by atoms with Gasteiger partial charge in [0.05, 0.1) is 7.11 Å². The third kappa shape index (κ3) is 2.67. The molecule has 2 atom stereocenters. The second-order valence-corrected chi connectivity index (χ2v) is 6.39. The molecule has 26 heavy (non-hydrogen) atoms. The van der Waals surface area contributed by atoms with Gasteiger partial charge in [-0.15, -0.1) is 5.06 Å². The number of rotatable bonds is 5. The van der Waals surface area contributed by atoms with Crippen LogP contribution in [0.2, 0.25) is 0 Å². The summed E-state index contributed by atoms with van der Waals surface area (Å²) in [6.07, 6.45) is 0.491. The smallest absolute Gasteiger partial charge is 0.312 e. The molecule has 0 aromatic heterocycles. The number of Topliss-reactive ketones (excluding diaryl/α,β-unsaturated/α-hetero) is 1. The van der Waals surface area contributed by atoms with Gasteiger partial charge < -0.3 is 15.2 Å². The molecule has 0 spiro atoms. The standard InChI is InChI=1S/C20H22N2O4/c1-4-17-18(14-8-6-5-7-9-14)22(25)20(2,21(17)24)19(23)15-10-12-16(26-3)13-11-15/h5-13,17,24H,4H2,1-3H3/t17-,20-/m1/s1. The van der Waals surface area contributed by atoms with Crippen molar-refractivity contribution in [2.24, 2.45) is 0 Å². The second kappa shape index (κ2) is 6.90. The van der Waals surface area contributed by atoms with Crippen LogP contribution < -0.4 is 4.74 Å². The first kappa shape index (κ1) is 18.1. The van der Waals surface area contributed by atoms with Gasteiger partial charge in [-0.2, -0.15) is 4.74 Å². The third-order valence-electron chi connectivity index (χ3n) is 4.91. The van der Waals surface area contributed by atoms with E-state index >= 15 is 0 Å². The van der Waals surface area contributed by atoms with E-state index in [-0.39, 0.29) is 0 Å². The second-order valence-electron chi connectivity index (χ2n) is 6.39. The molecule has 1 aliphatic heterocycles. The van der Waals surface area contributed by atoms with Gasteiger partial charge in [0.25, 0.3) is 5.78 Å². The van der Waals surface area contributed by atoms with Crippen molar-refractivity contribution in [1.29, 1.82) is 0 Å². The lowest BCUT2D eigenvalue weighted by Gasteiger charge is -2.28. The number of ketones is 1. The van der Waals surface area contributed by atoms with Crippen molar-refractivity contribution in [1.82, 2.24) is 5.06 Å². The fourth-order valence-corrected chi connectivity index (χ4v) is 3.38. The topological polar surface area (TPSA) is 75.8 Å². The molecule has 1 heterocycles. The lowest BCUT2D eigenvalue weighted by Crippen LogP contribution is -2.54. The number of ether oxygens (including phenoxy) is 1. The fourth-order valence-electron chi connectivity index (χ4n) is 3.38. The van der Waals surface area contributed by atoms with E-state index < -0.39 is 17.5 Å². The van der Waals surface area contributed by atoms with Gasteiger partial charge in [-0.05, 0) is 42.8 Å². The number of carbonyl (C=O) groups is 1. The summed E-state index contributed by atoms with van der Waals surface area (Å²) >= 11 is 0. The molecular formula is C20H22N2O4. The van der Waals surface area contributed by atoms with Gasteiger partial charge in [0, 0.05) is 18.1 Å². The lowest BCUT2D eigenvalue weighted by atomic mass is 9.99. The van der Waals surface area contributed by atoms with Crippen LogP contribution in [0.1, 0.15) is 36.2 Å². The van der Waals surface area contributed by atoms with Crippen molar-refractivity contribution in [3.63, 3.8) is 0 Å². The Balaban J connectivity index is 2.09. The quantitative estimate of drug-likeness (QED) is 0.507. The number of benzene rings is 2. The van der Waals surface area contributed by atoms with Crippen LogP contribution in [0, 0.1) is 5.21 Å². The molecule has 0 radical (unpaired) electrons. The minimum absolute atomic E-state index is 0.331. The van der Waals surface area contributed by atoms with Crippen molar-refractivity contribution in [2.75, 3.05) is 7.11 Å². The maximum atomic E-state index is 13.2. The van der Waals surface area contributed by atoms with Gasteiger partial charge in [-0.1, -0.05) is 25.1 Å². The molecule has 0 saturated heterocycles. The van der Waals surface area contributed by atoms with E-state index in [1.807, 2.05) is 25.1 Å². The Labute approximate surface area is 152 Å². The lowest BCUT2D eigenvalue weighted by molar-refractivity contribution is -0.562. The molecular weight excluding hydrogens is 332 g/mol. The molecule has 6 nitrogen and oxygen atoms in total. The fraction of sp³-hybridized carbons (Fsp3) is 0.300. The molecule has 6 heteroatoms. The number of hydrogen-bond acceptors (Lipinski definition) is 5. The average molecular weight is 354 g/mol. The maximum absolute atomic E-state index is 13.2. The van der Waals surface area contributed by atoms with E-state index in [0.29, 0.717) is 33.7 Å². The third-order valence-corrected chi connectivity index (χ3v) is 4.91. The van der Waals surface area contributed by atoms with Crippen LogP contribution in [0.25, 0.3) is 0 Å². The van der Waals surface area contributed by atoms with E-state index in [1.165, 1.54) is 14.0 Å².